The first-order valence-corrected chi connectivity index (χ1v) is 13.1. The SMILES string of the molecule is CCOc1ccc(C2/C(=C(\O)c3c(C)nc4ccccn34)C(=O)C(=O)N2c2nc3ccc(Cl)cc3s2)cc1. The summed E-state index contributed by atoms with van der Waals surface area (Å²) in [5.41, 5.74) is 2.73. The number of aromatic nitrogens is 3. The van der Waals surface area contributed by atoms with Crippen molar-refractivity contribution in [1.82, 2.24) is 14.4 Å². The van der Waals surface area contributed by atoms with Gasteiger partial charge in [0.15, 0.2) is 10.9 Å². The molecule has 1 aliphatic rings. The number of rotatable bonds is 5. The van der Waals surface area contributed by atoms with Crippen molar-refractivity contribution < 1.29 is 19.4 Å². The number of hydrogen-bond acceptors (Lipinski definition) is 7. The van der Waals surface area contributed by atoms with Crippen molar-refractivity contribution in [1.29, 1.82) is 0 Å². The number of aryl methyl sites for hydroxylation is 1. The second-order valence-electron chi connectivity index (χ2n) is 8.75. The summed E-state index contributed by atoms with van der Waals surface area (Å²) >= 11 is 7.42. The maximum atomic E-state index is 13.6. The Hall–Kier alpha value is -4.21. The fourth-order valence-corrected chi connectivity index (χ4v) is 6.04. The molecule has 1 aliphatic heterocycles. The van der Waals surface area contributed by atoms with Crippen LogP contribution in [0.15, 0.2) is 72.4 Å². The normalized spacial score (nSPS) is 17.1. The minimum Gasteiger partial charge on any atom is -0.505 e. The summed E-state index contributed by atoms with van der Waals surface area (Å²) in [7, 11) is 0. The van der Waals surface area contributed by atoms with Gasteiger partial charge in [0.05, 0.1) is 34.1 Å². The number of halogens is 1. The number of ketones is 1. The van der Waals surface area contributed by atoms with Crippen LogP contribution in [0.5, 0.6) is 5.75 Å². The summed E-state index contributed by atoms with van der Waals surface area (Å²) in [6.07, 6.45) is 1.75. The quantitative estimate of drug-likeness (QED) is 0.167. The molecule has 6 rings (SSSR count). The fourth-order valence-electron chi connectivity index (χ4n) is 4.77. The topological polar surface area (TPSA) is 97.0 Å². The molecule has 10 heteroatoms. The van der Waals surface area contributed by atoms with Gasteiger partial charge in [-0.05, 0) is 61.9 Å². The predicted molar refractivity (Wildman–Crippen MR) is 147 cm³/mol. The van der Waals surface area contributed by atoms with Gasteiger partial charge in [-0.3, -0.25) is 18.9 Å². The van der Waals surface area contributed by atoms with Crippen molar-refractivity contribution in [3.63, 3.8) is 0 Å². The average Bonchev–Trinajstić information content (AvgIpc) is 3.55. The monoisotopic (exact) mass is 544 g/mol. The molecule has 1 amide bonds. The Morgan fingerprint density at radius 3 is 2.66 bits per heavy atom. The Morgan fingerprint density at radius 2 is 1.89 bits per heavy atom. The molecule has 1 N–H and O–H groups in total. The first kappa shape index (κ1) is 24.1. The third-order valence-electron chi connectivity index (χ3n) is 6.43. The van der Waals surface area contributed by atoms with E-state index in [1.807, 2.05) is 13.0 Å². The van der Waals surface area contributed by atoms with Crippen molar-refractivity contribution >= 4 is 61.4 Å². The molecule has 0 bridgehead atoms. The highest BCUT2D eigenvalue weighted by atomic mass is 35.5. The van der Waals surface area contributed by atoms with Gasteiger partial charge < -0.3 is 9.84 Å². The molecule has 0 radical (unpaired) electrons. The van der Waals surface area contributed by atoms with Crippen molar-refractivity contribution in [3.05, 3.63) is 94.4 Å². The summed E-state index contributed by atoms with van der Waals surface area (Å²) in [6.45, 7) is 4.14. The molecule has 8 nitrogen and oxygen atoms in total. The molecule has 3 aromatic heterocycles. The Morgan fingerprint density at radius 1 is 1.11 bits per heavy atom. The second kappa shape index (κ2) is 9.27. The first-order chi connectivity index (χ1) is 18.4. The zero-order valence-corrected chi connectivity index (χ0v) is 22.0. The Balaban J connectivity index is 1.58. The second-order valence-corrected chi connectivity index (χ2v) is 10.2. The molecular formula is C28H21ClN4O4S. The lowest BCUT2D eigenvalue weighted by atomic mass is 9.96. The summed E-state index contributed by atoms with van der Waals surface area (Å²) < 4.78 is 8.06. The molecule has 1 saturated heterocycles. The highest BCUT2D eigenvalue weighted by Gasteiger charge is 2.48. The molecule has 1 fully saturated rings. The maximum absolute atomic E-state index is 13.6. The molecule has 0 aliphatic carbocycles. The predicted octanol–water partition coefficient (Wildman–Crippen LogP) is 5.93. The third-order valence-corrected chi connectivity index (χ3v) is 7.68. The molecule has 1 unspecified atom stereocenters. The van der Waals surface area contributed by atoms with E-state index < -0.39 is 17.7 Å². The van der Waals surface area contributed by atoms with E-state index in [1.54, 1.807) is 72.1 Å². The van der Waals surface area contributed by atoms with Crippen molar-refractivity contribution in [2.75, 3.05) is 11.5 Å². The first-order valence-electron chi connectivity index (χ1n) is 11.9. The summed E-state index contributed by atoms with van der Waals surface area (Å²) in [5.74, 6) is -1.23. The zero-order chi connectivity index (χ0) is 26.6. The number of anilines is 1. The molecule has 38 heavy (non-hydrogen) atoms. The van der Waals surface area contributed by atoms with Gasteiger partial charge in [-0.15, -0.1) is 0 Å². The molecule has 5 aromatic rings. The number of carbonyl (C=O) groups excluding carboxylic acids is 2. The molecule has 2 aromatic carbocycles. The van der Waals surface area contributed by atoms with Gasteiger partial charge in [-0.1, -0.05) is 41.1 Å². The van der Waals surface area contributed by atoms with Crippen LogP contribution in [0.2, 0.25) is 5.02 Å². The number of aliphatic hydroxyl groups excluding tert-OH is 1. The van der Waals surface area contributed by atoms with Crippen molar-refractivity contribution in [3.8, 4) is 5.75 Å². The van der Waals surface area contributed by atoms with Crippen LogP contribution in [0, 0.1) is 6.92 Å². The number of fused-ring (bicyclic) bond motifs is 2. The Bertz CT molecular complexity index is 1770. The van der Waals surface area contributed by atoms with Crippen molar-refractivity contribution in [2.45, 2.75) is 19.9 Å². The third kappa shape index (κ3) is 3.82. The number of imidazole rings is 1. The molecular weight excluding hydrogens is 524 g/mol. The van der Waals surface area contributed by atoms with E-state index in [4.69, 9.17) is 16.3 Å². The number of hydrogen-bond donors (Lipinski definition) is 1. The lowest BCUT2D eigenvalue weighted by molar-refractivity contribution is -0.132. The highest BCUT2D eigenvalue weighted by Crippen LogP contribution is 2.45. The fraction of sp³-hybridized carbons (Fsp3) is 0.143. The smallest absolute Gasteiger partial charge is 0.301 e. The standard InChI is InChI=1S/C28H21ClN4O4S/c1-3-37-18-10-7-16(8-11-18)24-22(25(34)23-15(2)30-21-6-4-5-13-32(21)23)26(35)27(36)33(24)28-31-19-12-9-17(29)14-20(19)38-28/h4-14,24,34H,3H2,1-2H3/b25-22+. The van der Waals surface area contributed by atoms with E-state index in [2.05, 4.69) is 9.97 Å². The van der Waals surface area contributed by atoms with Gasteiger partial charge in [-0.2, -0.15) is 0 Å². The van der Waals surface area contributed by atoms with Crippen LogP contribution in [0.3, 0.4) is 0 Å². The van der Waals surface area contributed by atoms with E-state index in [9.17, 15) is 14.7 Å². The number of nitrogens with zero attached hydrogens (tertiary/aromatic N) is 4. The molecule has 1 atom stereocenters. The average molecular weight is 545 g/mol. The molecule has 190 valence electrons. The van der Waals surface area contributed by atoms with Crippen LogP contribution in [0.4, 0.5) is 5.13 Å². The maximum Gasteiger partial charge on any atom is 0.301 e. The van der Waals surface area contributed by atoms with Gasteiger partial charge in [0.25, 0.3) is 5.78 Å². The van der Waals surface area contributed by atoms with Gasteiger partial charge in [0, 0.05) is 11.2 Å². The van der Waals surface area contributed by atoms with Gasteiger partial charge in [0.2, 0.25) is 0 Å². The molecule has 0 saturated carbocycles. The largest absolute Gasteiger partial charge is 0.505 e. The molecule has 0 spiro atoms. The summed E-state index contributed by atoms with van der Waals surface area (Å²) in [4.78, 5) is 37.6. The van der Waals surface area contributed by atoms with Crippen LogP contribution >= 0.6 is 22.9 Å². The number of Topliss-reactive ketones (excluding diaryl/α,β-unsaturated/α-hetero) is 1. The van der Waals surface area contributed by atoms with E-state index in [1.165, 1.54) is 16.2 Å². The molecule has 4 heterocycles. The van der Waals surface area contributed by atoms with E-state index in [0.717, 1.165) is 4.70 Å². The van der Waals surface area contributed by atoms with Crippen LogP contribution < -0.4 is 9.64 Å². The number of thiazole rings is 1. The number of amides is 1. The zero-order valence-electron chi connectivity index (χ0n) is 20.4. The van der Waals surface area contributed by atoms with Gasteiger partial charge >= 0.3 is 5.91 Å². The lowest BCUT2D eigenvalue weighted by Crippen LogP contribution is -2.29. The number of benzene rings is 2. The van der Waals surface area contributed by atoms with E-state index in [-0.39, 0.29) is 11.3 Å². The Labute approximate surface area is 226 Å². The summed E-state index contributed by atoms with van der Waals surface area (Å²) in [5, 5.41) is 12.5. The van der Waals surface area contributed by atoms with Crippen LogP contribution in [-0.2, 0) is 9.59 Å². The highest BCUT2D eigenvalue weighted by molar-refractivity contribution is 7.22. The van der Waals surface area contributed by atoms with Crippen LogP contribution in [0.1, 0.15) is 29.9 Å². The van der Waals surface area contributed by atoms with Crippen LogP contribution in [0.25, 0.3) is 21.6 Å². The van der Waals surface area contributed by atoms with Crippen LogP contribution in [-0.4, -0.2) is 37.8 Å². The van der Waals surface area contributed by atoms with Gasteiger partial charge in [-0.25, -0.2) is 9.97 Å². The number of carbonyl (C=O) groups is 2. The van der Waals surface area contributed by atoms with E-state index in [0.29, 0.717) is 50.6 Å². The lowest BCUT2D eigenvalue weighted by Gasteiger charge is -2.23. The van der Waals surface area contributed by atoms with E-state index >= 15 is 0 Å². The number of aliphatic hydroxyl groups is 1. The van der Waals surface area contributed by atoms with Gasteiger partial charge in [0.1, 0.15) is 17.1 Å². The minimum absolute atomic E-state index is 0.0369. The number of pyridine rings is 1. The summed E-state index contributed by atoms with van der Waals surface area (Å²) in [6, 6.07) is 16.9. The Kier molecular flexibility index (Phi) is 5.89. The minimum atomic E-state index is -0.921. The number of ether oxygens (including phenoxy) is 1. The van der Waals surface area contributed by atoms with Crippen molar-refractivity contribution in [2.24, 2.45) is 0 Å².